The van der Waals surface area contributed by atoms with Gasteiger partial charge in [-0.25, -0.2) is 0 Å². The van der Waals surface area contributed by atoms with Crippen LogP contribution >= 0.6 is 35.4 Å². The molecular weight excluding hydrogens is 445 g/mol. The van der Waals surface area contributed by atoms with E-state index in [4.69, 9.17) is 40.2 Å². The number of benzene rings is 2. The lowest BCUT2D eigenvalue weighted by atomic mass is 10.2. The lowest BCUT2D eigenvalue weighted by Crippen LogP contribution is -2.36. The molecule has 30 heavy (non-hydrogen) atoms. The number of Topliss-reactive ketones (excluding diaryl/α,β-unsaturated/α-hetero) is 1. The summed E-state index contributed by atoms with van der Waals surface area (Å²) in [6.07, 6.45) is 0. The van der Waals surface area contributed by atoms with Crippen LogP contribution in [-0.4, -0.2) is 48.8 Å². The van der Waals surface area contributed by atoms with Crippen LogP contribution in [-0.2, 0) is 14.3 Å². The molecule has 1 aliphatic heterocycles. The van der Waals surface area contributed by atoms with Crippen LogP contribution in [0.5, 0.6) is 0 Å². The quantitative estimate of drug-likeness (QED) is 0.520. The fourth-order valence-corrected chi connectivity index (χ4v) is 2.97. The van der Waals surface area contributed by atoms with Gasteiger partial charge < -0.3 is 15.4 Å². The minimum absolute atomic E-state index is 0.0686. The molecular formula is C21H21Cl2N3O3S. The molecule has 0 bridgehead atoms. The first-order valence-electron chi connectivity index (χ1n) is 9.14. The van der Waals surface area contributed by atoms with Gasteiger partial charge in [-0.1, -0.05) is 59.7 Å². The minimum Gasteiger partial charge on any atom is -0.465 e. The van der Waals surface area contributed by atoms with Crippen molar-refractivity contribution in [2.45, 2.75) is 6.92 Å². The van der Waals surface area contributed by atoms with Gasteiger partial charge in [0.2, 0.25) is 0 Å². The van der Waals surface area contributed by atoms with Crippen molar-refractivity contribution in [3.05, 3.63) is 69.7 Å². The smallest absolute Gasteiger partial charge is 0.325 e. The van der Waals surface area contributed by atoms with Crippen molar-refractivity contribution < 1.29 is 14.3 Å². The molecule has 0 saturated carbocycles. The highest BCUT2D eigenvalue weighted by Gasteiger charge is 2.12. The number of ketones is 1. The van der Waals surface area contributed by atoms with E-state index in [1.54, 1.807) is 31.2 Å². The van der Waals surface area contributed by atoms with Gasteiger partial charge in [0, 0.05) is 21.2 Å². The van der Waals surface area contributed by atoms with Crippen LogP contribution in [0.4, 0.5) is 0 Å². The van der Waals surface area contributed by atoms with E-state index in [0.29, 0.717) is 28.2 Å². The van der Waals surface area contributed by atoms with Crippen LogP contribution in [0.3, 0.4) is 0 Å². The summed E-state index contributed by atoms with van der Waals surface area (Å²) < 4.78 is 4.76. The molecule has 0 aromatic heterocycles. The molecule has 0 radical (unpaired) electrons. The lowest BCUT2D eigenvalue weighted by molar-refractivity contribution is -0.141. The Balaban J connectivity index is 0.000000215. The molecule has 0 unspecified atom stereocenters. The van der Waals surface area contributed by atoms with Crippen molar-refractivity contribution in [2.24, 2.45) is 4.99 Å². The molecule has 2 aromatic carbocycles. The summed E-state index contributed by atoms with van der Waals surface area (Å²) in [6, 6.07) is 14.5. The highest BCUT2D eigenvalue weighted by molar-refractivity contribution is 7.80. The van der Waals surface area contributed by atoms with Gasteiger partial charge in [-0.15, -0.1) is 0 Å². The van der Waals surface area contributed by atoms with E-state index in [2.05, 4.69) is 15.6 Å². The maximum Gasteiger partial charge on any atom is 0.325 e. The van der Waals surface area contributed by atoms with Gasteiger partial charge in [0.1, 0.15) is 23.9 Å². The highest BCUT2D eigenvalue weighted by Crippen LogP contribution is 2.12. The third-order valence-electron chi connectivity index (χ3n) is 3.75. The van der Waals surface area contributed by atoms with Gasteiger partial charge in [0.05, 0.1) is 13.2 Å². The number of halogens is 2. The van der Waals surface area contributed by atoms with E-state index in [-0.39, 0.29) is 24.8 Å². The SMILES string of the molecule is CCOC(=O)CNC(=S)c1cccc(Cl)c1.O=C1CN=C(c2cccc(Cl)c2)NC1. The third kappa shape index (κ3) is 8.10. The Kier molecular flexibility index (Phi) is 9.73. The summed E-state index contributed by atoms with van der Waals surface area (Å²) in [6.45, 7) is 2.80. The Hall–Kier alpha value is -2.48. The second-order valence-electron chi connectivity index (χ2n) is 6.07. The van der Waals surface area contributed by atoms with E-state index in [1.807, 2.05) is 24.3 Å². The summed E-state index contributed by atoms with van der Waals surface area (Å²) in [5.74, 6) is 0.523. The number of nitrogens with one attached hydrogen (secondary N) is 2. The largest absolute Gasteiger partial charge is 0.465 e. The molecule has 2 aromatic rings. The Morgan fingerprint density at radius 1 is 1.20 bits per heavy atom. The van der Waals surface area contributed by atoms with Gasteiger partial charge in [0.25, 0.3) is 0 Å². The van der Waals surface area contributed by atoms with Gasteiger partial charge >= 0.3 is 5.97 Å². The van der Waals surface area contributed by atoms with Crippen molar-refractivity contribution in [2.75, 3.05) is 26.2 Å². The third-order valence-corrected chi connectivity index (χ3v) is 4.60. The zero-order valence-electron chi connectivity index (χ0n) is 16.3. The number of ether oxygens (including phenoxy) is 1. The number of carbonyl (C=O) groups is 2. The van der Waals surface area contributed by atoms with Gasteiger partial charge in [0.15, 0.2) is 5.78 Å². The molecule has 1 heterocycles. The van der Waals surface area contributed by atoms with Gasteiger partial charge in [-0.3, -0.25) is 14.6 Å². The molecule has 2 N–H and O–H groups in total. The first-order valence-corrected chi connectivity index (χ1v) is 10.3. The van der Waals surface area contributed by atoms with Gasteiger partial charge in [-0.05, 0) is 31.2 Å². The fraction of sp³-hybridized carbons (Fsp3) is 0.238. The first kappa shape index (κ1) is 23.8. The number of nitrogens with zero attached hydrogens (tertiary/aromatic N) is 1. The lowest BCUT2D eigenvalue weighted by Gasteiger charge is -2.13. The average Bonchev–Trinajstić information content (AvgIpc) is 2.73. The van der Waals surface area contributed by atoms with E-state index in [0.717, 1.165) is 17.0 Å². The number of amidine groups is 1. The molecule has 0 amide bonds. The monoisotopic (exact) mass is 465 g/mol. The molecule has 6 nitrogen and oxygen atoms in total. The summed E-state index contributed by atoms with van der Waals surface area (Å²) in [5, 5.41) is 7.04. The second kappa shape index (κ2) is 12.3. The maximum absolute atomic E-state index is 11.1. The van der Waals surface area contributed by atoms with E-state index < -0.39 is 0 Å². The zero-order valence-corrected chi connectivity index (χ0v) is 18.6. The predicted molar refractivity (Wildman–Crippen MR) is 124 cm³/mol. The van der Waals surface area contributed by atoms with E-state index >= 15 is 0 Å². The molecule has 3 rings (SSSR count). The highest BCUT2D eigenvalue weighted by atomic mass is 35.5. The Bertz CT molecular complexity index is 951. The number of carbonyl (C=O) groups excluding carboxylic acids is 2. The Morgan fingerprint density at radius 2 is 1.90 bits per heavy atom. The van der Waals surface area contributed by atoms with Gasteiger partial charge in [-0.2, -0.15) is 0 Å². The van der Waals surface area contributed by atoms with Crippen LogP contribution < -0.4 is 10.6 Å². The van der Waals surface area contributed by atoms with Crippen molar-refractivity contribution in [1.82, 2.24) is 10.6 Å². The van der Waals surface area contributed by atoms with Crippen molar-refractivity contribution in [1.29, 1.82) is 0 Å². The molecule has 158 valence electrons. The van der Waals surface area contributed by atoms with Crippen LogP contribution in [0.2, 0.25) is 10.0 Å². The van der Waals surface area contributed by atoms with E-state index in [1.165, 1.54) is 0 Å². The first-order chi connectivity index (χ1) is 14.4. The Labute approximate surface area is 190 Å². The number of esters is 1. The summed E-state index contributed by atoms with van der Waals surface area (Å²) in [7, 11) is 0. The van der Waals surface area contributed by atoms with Crippen LogP contribution in [0.1, 0.15) is 18.1 Å². The van der Waals surface area contributed by atoms with E-state index in [9.17, 15) is 9.59 Å². The predicted octanol–water partition coefficient (Wildman–Crippen LogP) is 3.43. The molecule has 9 heteroatoms. The van der Waals surface area contributed by atoms with Crippen molar-refractivity contribution >= 4 is 58.0 Å². The molecule has 0 atom stereocenters. The van der Waals surface area contributed by atoms with Crippen molar-refractivity contribution in [3.63, 3.8) is 0 Å². The number of rotatable bonds is 5. The minimum atomic E-state index is -0.327. The standard InChI is InChI=1S/C11H12ClNO2S.C10H9ClN2O/c1-2-15-10(14)7-13-11(16)8-4-3-5-9(12)6-8;11-8-3-1-2-7(4-8)10-12-5-9(14)6-13-10/h3-6H,2,7H2,1H3,(H,13,16);1-4H,5-6H2,(H,12,13). The zero-order chi connectivity index (χ0) is 21.9. The number of hydrogen-bond acceptors (Lipinski definition) is 6. The molecule has 0 spiro atoms. The van der Waals surface area contributed by atoms with Crippen molar-refractivity contribution in [3.8, 4) is 0 Å². The summed E-state index contributed by atoms with van der Waals surface area (Å²) in [4.78, 5) is 26.6. The number of hydrogen-bond donors (Lipinski definition) is 2. The van der Waals surface area contributed by atoms with Crippen LogP contribution in [0, 0.1) is 0 Å². The molecule has 0 fully saturated rings. The number of thiocarbonyl (C=S) groups is 1. The molecule has 0 aliphatic carbocycles. The Morgan fingerprint density at radius 3 is 2.50 bits per heavy atom. The summed E-state index contributed by atoms with van der Waals surface area (Å²) in [5.41, 5.74) is 1.71. The maximum atomic E-state index is 11.1. The fourth-order valence-electron chi connectivity index (χ4n) is 2.39. The summed E-state index contributed by atoms with van der Waals surface area (Å²) >= 11 is 16.8. The second-order valence-corrected chi connectivity index (χ2v) is 7.35. The van der Waals surface area contributed by atoms with Crippen LogP contribution in [0.15, 0.2) is 53.5 Å². The molecule has 1 aliphatic rings. The topological polar surface area (TPSA) is 79.8 Å². The average molecular weight is 466 g/mol. The molecule has 0 saturated heterocycles. The normalized spacial score (nSPS) is 12.6. The number of aliphatic imine (C=N–C) groups is 1. The van der Waals surface area contributed by atoms with Crippen LogP contribution in [0.25, 0.3) is 0 Å².